The van der Waals surface area contributed by atoms with Crippen LogP contribution in [0.2, 0.25) is 0 Å². The highest BCUT2D eigenvalue weighted by Crippen LogP contribution is 2.16. The molecule has 0 unspecified atom stereocenters. The number of hydrogen-bond donors (Lipinski definition) is 2. The first kappa shape index (κ1) is 13.3. The van der Waals surface area contributed by atoms with Crippen LogP contribution in [-0.4, -0.2) is 27.2 Å². The van der Waals surface area contributed by atoms with Crippen molar-refractivity contribution in [3.8, 4) is 0 Å². The molecule has 0 saturated carbocycles. The van der Waals surface area contributed by atoms with Crippen molar-refractivity contribution in [1.29, 1.82) is 0 Å². The van der Waals surface area contributed by atoms with Crippen LogP contribution >= 0.6 is 0 Å². The number of nitrogens with zero attached hydrogens (tertiary/aromatic N) is 4. The summed E-state index contributed by atoms with van der Waals surface area (Å²) in [7, 11) is 1.83. The summed E-state index contributed by atoms with van der Waals surface area (Å²) in [5, 5.41) is 10.0. The Morgan fingerprint density at radius 2 is 1.95 bits per heavy atom. The quantitative estimate of drug-likeness (QED) is 0.851. The molecule has 0 amide bonds. The molecule has 0 bridgehead atoms. The molecule has 0 aromatic carbocycles. The van der Waals surface area contributed by atoms with Gasteiger partial charge in [-0.3, -0.25) is 0 Å². The first-order valence-corrected chi connectivity index (χ1v) is 6.18. The minimum absolute atomic E-state index is 0.265. The fraction of sp³-hybridized carbons (Fsp3) is 0.500. The first-order chi connectivity index (χ1) is 9.08. The molecule has 0 radical (unpaired) electrons. The molecule has 0 aliphatic carbocycles. The molecule has 2 N–H and O–H groups in total. The summed E-state index contributed by atoms with van der Waals surface area (Å²) in [6, 6.07) is 1.85. The third kappa shape index (κ3) is 3.40. The van der Waals surface area contributed by atoms with E-state index in [-0.39, 0.29) is 5.92 Å². The number of hydrogen-bond acceptors (Lipinski definition) is 7. The number of anilines is 2. The van der Waals surface area contributed by atoms with E-state index in [0.717, 1.165) is 17.5 Å². The Bertz CT molecular complexity index is 551. The summed E-state index contributed by atoms with van der Waals surface area (Å²) in [5.74, 6) is 3.74. The molecule has 0 fully saturated rings. The van der Waals surface area contributed by atoms with Gasteiger partial charge in [0.05, 0.1) is 6.54 Å². The van der Waals surface area contributed by atoms with Gasteiger partial charge in [0.1, 0.15) is 17.5 Å². The second kappa shape index (κ2) is 5.64. The van der Waals surface area contributed by atoms with Gasteiger partial charge in [0.15, 0.2) is 5.82 Å². The zero-order chi connectivity index (χ0) is 13.8. The van der Waals surface area contributed by atoms with Crippen LogP contribution in [0.3, 0.4) is 0 Å². The predicted octanol–water partition coefficient (Wildman–Crippen LogP) is 1.95. The summed E-state index contributed by atoms with van der Waals surface area (Å²) < 4.78 is 4.91. The van der Waals surface area contributed by atoms with Gasteiger partial charge in [-0.25, -0.2) is 9.97 Å². The van der Waals surface area contributed by atoms with Gasteiger partial charge < -0.3 is 15.2 Å². The summed E-state index contributed by atoms with van der Waals surface area (Å²) >= 11 is 0. The Morgan fingerprint density at radius 1 is 1.21 bits per heavy atom. The molecule has 19 heavy (non-hydrogen) atoms. The molecule has 2 aromatic rings. The Balaban J connectivity index is 2.12. The number of aromatic nitrogens is 4. The molecular formula is C12H18N6O. The summed E-state index contributed by atoms with van der Waals surface area (Å²) in [6.07, 6.45) is 0. The van der Waals surface area contributed by atoms with Crippen molar-refractivity contribution < 1.29 is 4.52 Å². The maximum Gasteiger partial charge on any atom is 0.223 e. The lowest BCUT2D eigenvalue weighted by atomic mass is 10.2. The number of rotatable bonds is 5. The fourth-order valence-electron chi connectivity index (χ4n) is 1.53. The Labute approximate surface area is 111 Å². The Hall–Kier alpha value is -2.18. The van der Waals surface area contributed by atoms with Gasteiger partial charge in [-0.1, -0.05) is 19.0 Å². The maximum atomic E-state index is 4.91. The third-order valence-electron chi connectivity index (χ3n) is 2.51. The van der Waals surface area contributed by atoms with Crippen molar-refractivity contribution in [3.63, 3.8) is 0 Å². The van der Waals surface area contributed by atoms with Crippen LogP contribution in [-0.2, 0) is 6.54 Å². The van der Waals surface area contributed by atoms with Gasteiger partial charge in [-0.05, 0) is 0 Å². The predicted molar refractivity (Wildman–Crippen MR) is 72.0 cm³/mol. The van der Waals surface area contributed by atoms with Crippen LogP contribution in [0.25, 0.3) is 0 Å². The average Bonchev–Trinajstić information content (AvgIpc) is 2.81. The summed E-state index contributed by atoms with van der Waals surface area (Å²) in [4.78, 5) is 13.0. The van der Waals surface area contributed by atoms with Crippen molar-refractivity contribution in [1.82, 2.24) is 20.1 Å². The first-order valence-electron chi connectivity index (χ1n) is 6.18. The second-order valence-electron chi connectivity index (χ2n) is 4.48. The molecule has 102 valence electrons. The van der Waals surface area contributed by atoms with E-state index in [0.29, 0.717) is 18.3 Å². The topological polar surface area (TPSA) is 88.8 Å². The van der Waals surface area contributed by atoms with Crippen molar-refractivity contribution in [2.24, 2.45) is 0 Å². The smallest absolute Gasteiger partial charge is 0.223 e. The normalized spacial score (nSPS) is 10.8. The van der Waals surface area contributed by atoms with Gasteiger partial charge in [0, 0.05) is 26.0 Å². The van der Waals surface area contributed by atoms with Crippen molar-refractivity contribution in [2.75, 3.05) is 17.7 Å². The molecule has 2 rings (SSSR count). The minimum atomic E-state index is 0.265. The molecular weight excluding hydrogens is 244 g/mol. The standard InChI is InChI=1S/C12H18N6O/c1-7(2)12-16-9(13-4)5-10(17-12)14-6-11-15-8(3)19-18-11/h5,7H,6H2,1-4H3,(H2,13,14,16,17). The van der Waals surface area contributed by atoms with Gasteiger partial charge in [0.2, 0.25) is 5.89 Å². The molecule has 7 heteroatoms. The molecule has 0 spiro atoms. The van der Waals surface area contributed by atoms with E-state index in [9.17, 15) is 0 Å². The van der Waals surface area contributed by atoms with Gasteiger partial charge in [0.25, 0.3) is 0 Å². The van der Waals surface area contributed by atoms with E-state index in [1.807, 2.05) is 13.1 Å². The maximum absolute atomic E-state index is 4.91. The minimum Gasteiger partial charge on any atom is -0.373 e. The van der Waals surface area contributed by atoms with E-state index >= 15 is 0 Å². The lowest BCUT2D eigenvalue weighted by Gasteiger charge is -2.10. The SMILES string of the molecule is CNc1cc(NCc2noc(C)n2)nc(C(C)C)n1. The van der Waals surface area contributed by atoms with E-state index < -0.39 is 0 Å². The van der Waals surface area contributed by atoms with Crippen molar-refractivity contribution in [3.05, 3.63) is 23.6 Å². The highest BCUT2D eigenvalue weighted by molar-refractivity contribution is 5.47. The second-order valence-corrected chi connectivity index (χ2v) is 4.48. The molecule has 0 saturated heterocycles. The zero-order valence-electron chi connectivity index (χ0n) is 11.6. The molecule has 0 aliphatic rings. The molecule has 2 aromatic heterocycles. The van der Waals surface area contributed by atoms with Crippen LogP contribution in [0, 0.1) is 6.92 Å². The van der Waals surface area contributed by atoms with Crippen LogP contribution in [0.15, 0.2) is 10.6 Å². The molecule has 0 atom stereocenters. The fourth-order valence-corrected chi connectivity index (χ4v) is 1.53. The van der Waals surface area contributed by atoms with Crippen LogP contribution in [0.1, 0.15) is 37.3 Å². The van der Waals surface area contributed by atoms with Crippen LogP contribution in [0.5, 0.6) is 0 Å². The van der Waals surface area contributed by atoms with Crippen LogP contribution in [0.4, 0.5) is 11.6 Å². The lowest BCUT2D eigenvalue weighted by molar-refractivity contribution is 0.388. The summed E-state index contributed by atoms with van der Waals surface area (Å²) in [6.45, 7) is 6.34. The highest BCUT2D eigenvalue weighted by Gasteiger charge is 2.08. The van der Waals surface area contributed by atoms with Crippen LogP contribution < -0.4 is 10.6 Å². The van der Waals surface area contributed by atoms with E-state index in [4.69, 9.17) is 4.52 Å². The molecule has 7 nitrogen and oxygen atoms in total. The van der Waals surface area contributed by atoms with E-state index in [1.54, 1.807) is 6.92 Å². The number of aryl methyl sites for hydroxylation is 1. The monoisotopic (exact) mass is 262 g/mol. The van der Waals surface area contributed by atoms with E-state index in [2.05, 4.69) is 44.6 Å². The zero-order valence-corrected chi connectivity index (χ0v) is 11.6. The van der Waals surface area contributed by atoms with E-state index in [1.165, 1.54) is 0 Å². The molecule has 2 heterocycles. The third-order valence-corrected chi connectivity index (χ3v) is 2.51. The lowest BCUT2D eigenvalue weighted by Crippen LogP contribution is -2.08. The van der Waals surface area contributed by atoms with Crippen molar-refractivity contribution >= 4 is 11.6 Å². The highest BCUT2D eigenvalue weighted by atomic mass is 16.5. The molecule has 0 aliphatic heterocycles. The Morgan fingerprint density at radius 3 is 2.53 bits per heavy atom. The Kier molecular flexibility index (Phi) is 3.94. The van der Waals surface area contributed by atoms with Gasteiger partial charge in [-0.15, -0.1) is 0 Å². The van der Waals surface area contributed by atoms with Gasteiger partial charge in [-0.2, -0.15) is 4.98 Å². The largest absolute Gasteiger partial charge is 0.373 e. The van der Waals surface area contributed by atoms with Crippen molar-refractivity contribution in [2.45, 2.75) is 33.2 Å². The number of nitrogens with one attached hydrogen (secondary N) is 2. The average molecular weight is 262 g/mol. The summed E-state index contributed by atoms with van der Waals surface area (Å²) in [5.41, 5.74) is 0. The van der Waals surface area contributed by atoms with Gasteiger partial charge >= 0.3 is 0 Å².